The lowest BCUT2D eigenvalue weighted by Gasteiger charge is -2.32. The molecule has 0 aliphatic carbocycles. The van der Waals surface area contributed by atoms with Gasteiger partial charge in [-0.1, -0.05) is 0 Å². The molecular formula is C11H22N4O2. The maximum Gasteiger partial charge on any atom is 0.314 e. The number of piperidine rings is 1. The van der Waals surface area contributed by atoms with Gasteiger partial charge in [-0.25, -0.2) is 4.79 Å². The largest absolute Gasteiger partial charge is 0.355 e. The molecule has 1 atom stereocenters. The average molecular weight is 242 g/mol. The van der Waals surface area contributed by atoms with E-state index >= 15 is 0 Å². The van der Waals surface area contributed by atoms with E-state index in [1.807, 2.05) is 13.8 Å². The van der Waals surface area contributed by atoms with Crippen molar-refractivity contribution in [1.29, 1.82) is 0 Å². The zero-order chi connectivity index (χ0) is 12.8. The first-order valence-corrected chi connectivity index (χ1v) is 6.12. The van der Waals surface area contributed by atoms with Gasteiger partial charge >= 0.3 is 6.03 Å². The van der Waals surface area contributed by atoms with Gasteiger partial charge in [0.15, 0.2) is 0 Å². The Balaban J connectivity index is 2.30. The number of nitrogens with two attached hydrogens (primary N) is 1. The second-order valence-corrected chi connectivity index (χ2v) is 4.38. The van der Waals surface area contributed by atoms with Crippen LogP contribution in [0.3, 0.4) is 0 Å². The number of urea groups is 1. The molecule has 1 aliphatic heterocycles. The molecule has 0 saturated carbocycles. The molecule has 98 valence electrons. The van der Waals surface area contributed by atoms with Crippen molar-refractivity contribution < 1.29 is 9.59 Å². The Morgan fingerprint density at radius 1 is 1.41 bits per heavy atom. The number of likely N-dealkylation sites (tertiary alicyclic amines) is 1. The first-order chi connectivity index (χ1) is 8.04. The van der Waals surface area contributed by atoms with Crippen LogP contribution >= 0.6 is 0 Å². The standard InChI is InChI=1S/C11H22N4O2/c1-3-13-10(16)8(2)14-9-4-6-15(7-5-9)11(12)17/h8-9,14H,3-7H2,1-2H3,(H2,12,17)(H,13,16). The monoisotopic (exact) mass is 242 g/mol. The summed E-state index contributed by atoms with van der Waals surface area (Å²) >= 11 is 0. The predicted molar refractivity (Wildman–Crippen MR) is 65.5 cm³/mol. The van der Waals surface area contributed by atoms with Gasteiger partial charge in [-0.2, -0.15) is 0 Å². The van der Waals surface area contributed by atoms with Crippen LogP contribution < -0.4 is 16.4 Å². The fraction of sp³-hybridized carbons (Fsp3) is 0.818. The SMILES string of the molecule is CCNC(=O)C(C)NC1CCN(C(N)=O)CC1. The van der Waals surface area contributed by atoms with E-state index in [0.29, 0.717) is 19.6 Å². The maximum absolute atomic E-state index is 11.5. The number of nitrogens with one attached hydrogen (secondary N) is 2. The summed E-state index contributed by atoms with van der Waals surface area (Å²) in [6, 6.07) is -0.275. The van der Waals surface area contributed by atoms with Crippen LogP contribution in [-0.2, 0) is 4.79 Å². The smallest absolute Gasteiger partial charge is 0.314 e. The number of amides is 3. The van der Waals surface area contributed by atoms with E-state index in [1.165, 1.54) is 0 Å². The minimum Gasteiger partial charge on any atom is -0.355 e. The van der Waals surface area contributed by atoms with Gasteiger partial charge in [0.25, 0.3) is 0 Å². The van der Waals surface area contributed by atoms with Crippen LogP contribution in [0, 0.1) is 0 Å². The van der Waals surface area contributed by atoms with Gasteiger partial charge < -0.3 is 21.3 Å². The number of nitrogens with zero attached hydrogens (tertiary/aromatic N) is 1. The summed E-state index contributed by atoms with van der Waals surface area (Å²) in [4.78, 5) is 24.1. The molecule has 0 aromatic heterocycles. The summed E-state index contributed by atoms with van der Waals surface area (Å²) in [5.41, 5.74) is 5.20. The van der Waals surface area contributed by atoms with Crippen molar-refractivity contribution in [3.8, 4) is 0 Å². The topological polar surface area (TPSA) is 87.5 Å². The van der Waals surface area contributed by atoms with Crippen molar-refractivity contribution in [2.24, 2.45) is 5.73 Å². The van der Waals surface area contributed by atoms with Crippen molar-refractivity contribution in [3.63, 3.8) is 0 Å². The Hall–Kier alpha value is -1.30. The molecule has 1 saturated heterocycles. The van der Waals surface area contributed by atoms with Gasteiger partial charge in [0, 0.05) is 25.7 Å². The molecule has 17 heavy (non-hydrogen) atoms. The third-order valence-corrected chi connectivity index (χ3v) is 3.04. The molecule has 1 aliphatic rings. The van der Waals surface area contributed by atoms with Gasteiger partial charge in [0.05, 0.1) is 6.04 Å². The van der Waals surface area contributed by atoms with E-state index in [0.717, 1.165) is 12.8 Å². The third kappa shape index (κ3) is 4.22. The lowest BCUT2D eigenvalue weighted by atomic mass is 10.0. The molecule has 6 nitrogen and oxygen atoms in total. The molecule has 3 amide bonds. The second-order valence-electron chi connectivity index (χ2n) is 4.38. The van der Waals surface area contributed by atoms with Crippen LogP contribution in [0.1, 0.15) is 26.7 Å². The normalized spacial score (nSPS) is 18.8. The molecule has 0 aromatic carbocycles. The van der Waals surface area contributed by atoms with Crippen LogP contribution in [0.5, 0.6) is 0 Å². The van der Waals surface area contributed by atoms with Crippen LogP contribution in [-0.4, -0.2) is 48.6 Å². The number of carbonyl (C=O) groups is 2. The average Bonchev–Trinajstić information content (AvgIpc) is 2.30. The van der Waals surface area contributed by atoms with E-state index in [4.69, 9.17) is 5.73 Å². The van der Waals surface area contributed by atoms with Gasteiger partial charge in [-0.3, -0.25) is 4.79 Å². The van der Waals surface area contributed by atoms with E-state index < -0.39 is 0 Å². The maximum atomic E-state index is 11.5. The molecule has 0 spiro atoms. The molecular weight excluding hydrogens is 220 g/mol. The van der Waals surface area contributed by atoms with Crippen molar-refractivity contribution in [2.75, 3.05) is 19.6 Å². The lowest BCUT2D eigenvalue weighted by Crippen LogP contribution is -2.51. The van der Waals surface area contributed by atoms with Crippen molar-refractivity contribution in [1.82, 2.24) is 15.5 Å². The zero-order valence-corrected chi connectivity index (χ0v) is 10.5. The Morgan fingerprint density at radius 3 is 2.47 bits per heavy atom. The van der Waals surface area contributed by atoms with Crippen molar-refractivity contribution >= 4 is 11.9 Å². The fourth-order valence-electron chi connectivity index (χ4n) is 2.02. The number of hydrogen-bond donors (Lipinski definition) is 3. The first-order valence-electron chi connectivity index (χ1n) is 6.12. The highest BCUT2D eigenvalue weighted by Gasteiger charge is 2.23. The number of carbonyl (C=O) groups excluding carboxylic acids is 2. The number of primary amides is 1. The predicted octanol–water partition coefficient (Wildman–Crippen LogP) is -0.356. The Bertz CT molecular complexity index is 275. The van der Waals surface area contributed by atoms with E-state index in [1.54, 1.807) is 4.90 Å². The van der Waals surface area contributed by atoms with E-state index in [9.17, 15) is 9.59 Å². The Kier molecular flexibility index (Phi) is 5.21. The Labute approximate surface area is 102 Å². The number of likely N-dealkylation sites (N-methyl/N-ethyl adjacent to an activating group) is 1. The molecule has 1 fully saturated rings. The van der Waals surface area contributed by atoms with Crippen LogP contribution in [0.4, 0.5) is 4.79 Å². The van der Waals surface area contributed by atoms with Crippen molar-refractivity contribution in [2.45, 2.75) is 38.8 Å². The molecule has 0 radical (unpaired) electrons. The fourth-order valence-corrected chi connectivity index (χ4v) is 2.02. The summed E-state index contributed by atoms with van der Waals surface area (Å²) < 4.78 is 0. The molecule has 4 N–H and O–H groups in total. The van der Waals surface area contributed by atoms with Gasteiger partial charge in [-0.05, 0) is 26.7 Å². The van der Waals surface area contributed by atoms with Crippen molar-refractivity contribution in [3.05, 3.63) is 0 Å². The van der Waals surface area contributed by atoms with Crippen LogP contribution in [0.15, 0.2) is 0 Å². The summed E-state index contributed by atoms with van der Waals surface area (Å²) in [7, 11) is 0. The van der Waals surface area contributed by atoms with Gasteiger partial charge in [0.2, 0.25) is 5.91 Å². The summed E-state index contributed by atoms with van der Waals surface area (Å²) in [6.07, 6.45) is 1.68. The Morgan fingerprint density at radius 2 is 2.00 bits per heavy atom. The van der Waals surface area contributed by atoms with Crippen LogP contribution in [0.2, 0.25) is 0 Å². The zero-order valence-electron chi connectivity index (χ0n) is 10.5. The number of rotatable bonds is 4. The highest BCUT2D eigenvalue weighted by Crippen LogP contribution is 2.10. The summed E-state index contributed by atoms with van der Waals surface area (Å²) in [5.74, 6) is 0.0184. The highest BCUT2D eigenvalue weighted by molar-refractivity contribution is 5.81. The minimum atomic E-state index is -0.361. The summed E-state index contributed by atoms with van der Waals surface area (Å²) in [6.45, 7) is 5.72. The molecule has 0 bridgehead atoms. The minimum absolute atomic E-state index is 0.0184. The third-order valence-electron chi connectivity index (χ3n) is 3.04. The quantitative estimate of drug-likeness (QED) is 0.629. The lowest BCUT2D eigenvalue weighted by molar-refractivity contribution is -0.122. The number of hydrogen-bond acceptors (Lipinski definition) is 3. The first kappa shape index (κ1) is 13.8. The van der Waals surface area contributed by atoms with E-state index in [-0.39, 0.29) is 24.0 Å². The molecule has 1 rings (SSSR count). The van der Waals surface area contributed by atoms with Gasteiger partial charge in [0.1, 0.15) is 0 Å². The molecule has 0 aromatic rings. The van der Waals surface area contributed by atoms with Crippen LogP contribution in [0.25, 0.3) is 0 Å². The molecule has 1 unspecified atom stereocenters. The van der Waals surface area contributed by atoms with Gasteiger partial charge in [-0.15, -0.1) is 0 Å². The molecule has 6 heteroatoms. The van der Waals surface area contributed by atoms with E-state index in [2.05, 4.69) is 10.6 Å². The second kappa shape index (κ2) is 6.44. The summed E-state index contributed by atoms with van der Waals surface area (Å²) in [5, 5.41) is 6.05. The molecule has 1 heterocycles. The highest BCUT2D eigenvalue weighted by atomic mass is 16.2.